The third-order valence-electron chi connectivity index (χ3n) is 5.45. The smallest absolute Gasteiger partial charge is 0.191 e. The van der Waals surface area contributed by atoms with Gasteiger partial charge in [-0.1, -0.05) is 32.1 Å². The molecule has 0 aromatic rings. The van der Waals surface area contributed by atoms with Crippen LogP contribution in [0, 0.1) is 17.8 Å². The van der Waals surface area contributed by atoms with Crippen molar-refractivity contribution < 1.29 is 4.74 Å². The zero-order valence-corrected chi connectivity index (χ0v) is 14.2. The van der Waals surface area contributed by atoms with Crippen LogP contribution in [0.1, 0.15) is 57.8 Å². The first kappa shape index (κ1) is 16.1. The van der Waals surface area contributed by atoms with Crippen molar-refractivity contribution in [2.24, 2.45) is 22.7 Å². The molecule has 3 saturated carbocycles. The van der Waals surface area contributed by atoms with Crippen LogP contribution in [0.15, 0.2) is 4.99 Å². The summed E-state index contributed by atoms with van der Waals surface area (Å²) in [7, 11) is 1.87. The molecule has 2 atom stereocenters. The average molecular weight is 307 g/mol. The van der Waals surface area contributed by atoms with Crippen LogP contribution in [0.2, 0.25) is 0 Å². The number of rotatable bonds is 8. The van der Waals surface area contributed by atoms with Crippen LogP contribution < -0.4 is 10.6 Å². The third kappa shape index (κ3) is 5.15. The normalized spacial score (nSPS) is 29.4. The van der Waals surface area contributed by atoms with Crippen molar-refractivity contribution in [3.05, 3.63) is 0 Å². The highest BCUT2D eigenvalue weighted by Gasteiger charge is 2.43. The van der Waals surface area contributed by atoms with Crippen molar-refractivity contribution in [1.82, 2.24) is 10.6 Å². The summed E-state index contributed by atoms with van der Waals surface area (Å²) in [6.45, 7) is 2.79. The largest absolute Gasteiger partial charge is 0.381 e. The number of hydrogen-bond acceptors (Lipinski definition) is 2. The average Bonchev–Trinajstić information content (AvgIpc) is 3.45. The molecule has 0 radical (unpaired) electrons. The van der Waals surface area contributed by atoms with Gasteiger partial charge in [-0.3, -0.25) is 4.99 Å². The molecule has 3 aliphatic carbocycles. The summed E-state index contributed by atoms with van der Waals surface area (Å²) < 4.78 is 5.66. The molecule has 2 N–H and O–H groups in total. The number of nitrogens with one attached hydrogen (secondary N) is 2. The Morgan fingerprint density at radius 1 is 1.14 bits per heavy atom. The van der Waals surface area contributed by atoms with Crippen molar-refractivity contribution in [2.75, 3.05) is 26.8 Å². The van der Waals surface area contributed by atoms with E-state index >= 15 is 0 Å². The second kappa shape index (κ2) is 8.19. The molecule has 2 unspecified atom stereocenters. The van der Waals surface area contributed by atoms with Crippen molar-refractivity contribution in [3.63, 3.8) is 0 Å². The van der Waals surface area contributed by atoms with Crippen LogP contribution >= 0.6 is 0 Å². The fourth-order valence-corrected chi connectivity index (χ4v) is 3.75. The van der Waals surface area contributed by atoms with E-state index in [2.05, 4.69) is 15.6 Å². The van der Waals surface area contributed by atoms with Crippen LogP contribution in [0.25, 0.3) is 0 Å². The highest BCUT2D eigenvalue weighted by Crippen LogP contribution is 2.44. The van der Waals surface area contributed by atoms with E-state index in [9.17, 15) is 0 Å². The maximum atomic E-state index is 5.66. The molecule has 126 valence electrons. The Bertz CT molecular complexity index is 361. The summed E-state index contributed by atoms with van der Waals surface area (Å²) in [6.07, 6.45) is 12.4. The van der Waals surface area contributed by atoms with Gasteiger partial charge in [0.1, 0.15) is 0 Å². The third-order valence-corrected chi connectivity index (χ3v) is 5.45. The standard InChI is InChI=1S/C18H33N3O/c1-19-18(20-10-5-11-22-13-14-8-9-14)21-17-12-16(17)15-6-3-2-4-7-15/h14-17H,2-13H2,1H3,(H2,19,20,21). The zero-order chi connectivity index (χ0) is 15.2. The van der Waals surface area contributed by atoms with Crippen LogP contribution in [-0.4, -0.2) is 38.8 Å². The van der Waals surface area contributed by atoms with Gasteiger partial charge < -0.3 is 15.4 Å². The molecule has 0 bridgehead atoms. The molecule has 3 fully saturated rings. The van der Waals surface area contributed by atoms with Gasteiger partial charge in [0.15, 0.2) is 5.96 Å². The van der Waals surface area contributed by atoms with Gasteiger partial charge in [-0.2, -0.15) is 0 Å². The summed E-state index contributed by atoms with van der Waals surface area (Å²) in [5.74, 6) is 3.72. The van der Waals surface area contributed by atoms with Crippen molar-refractivity contribution in [3.8, 4) is 0 Å². The quantitative estimate of drug-likeness (QED) is 0.412. The second-order valence-corrected chi connectivity index (χ2v) is 7.42. The summed E-state index contributed by atoms with van der Waals surface area (Å²) in [5.41, 5.74) is 0. The fraction of sp³-hybridized carbons (Fsp3) is 0.944. The molecule has 0 aliphatic heterocycles. The minimum atomic E-state index is 0.667. The van der Waals surface area contributed by atoms with Gasteiger partial charge in [-0.15, -0.1) is 0 Å². The van der Waals surface area contributed by atoms with Gasteiger partial charge in [0.25, 0.3) is 0 Å². The van der Waals surface area contributed by atoms with Crippen LogP contribution in [0.4, 0.5) is 0 Å². The SMILES string of the molecule is CN=C(NCCCOCC1CC1)NC1CC1C1CCCCC1. The molecular formula is C18H33N3O. The van der Waals surface area contributed by atoms with E-state index in [0.29, 0.717) is 6.04 Å². The van der Waals surface area contributed by atoms with E-state index < -0.39 is 0 Å². The number of nitrogens with zero attached hydrogens (tertiary/aromatic N) is 1. The van der Waals surface area contributed by atoms with E-state index in [1.807, 2.05) is 7.05 Å². The molecule has 3 aliphatic rings. The monoisotopic (exact) mass is 307 g/mol. The molecule has 0 aromatic carbocycles. The topological polar surface area (TPSA) is 45.7 Å². The van der Waals surface area contributed by atoms with E-state index in [1.165, 1.54) is 51.4 Å². The number of aliphatic imine (C=N–C) groups is 1. The van der Waals surface area contributed by atoms with Crippen LogP contribution in [-0.2, 0) is 4.74 Å². The lowest BCUT2D eigenvalue weighted by Gasteiger charge is -2.22. The van der Waals surface area contributed by atoms with Gasteiger partial charge in [-0.25, -0.2) is 0 Å². The lowest BCUT2D eigenvalue weighted by atomic mass is 9.85. The predicted octanol–water partition coefficient (Wildman–Crippen LogP) is 2.94. The van der Waals surface area contributed by atoms with E-state index in [0.717, 1.165) is 49.9 Å². The number of guanidine groups is 1. The summed E-state index contributed by atoms with van der Waals surface area (Å²) >= 11 is 0. The van der Waals surface area contributed by atoms with E-state index in [4.69, 9.17) is 4.74 Å². The Kier molecular flexibility index (Phi) is 5.99. The van der Waals surface area contributed by atoms with Crippen molar-refractivity contribution >= 4 is 5.96 Å². The lowest BCUT2D eigenvalue weighted by molar-refractivity contribution is 0.123. The van der Waals surface area contributed by atoms with E-state index in [1.54, 1.807) is 0 Å². The zero-order valence-electron chi connectivity index (χ0n) is 14.2. The van der Waals surface area contributed by atoms with Crippen molar-refractivity contribution in [2.45, 2.75) is 63.8 Å². The molecule has 0 amide bonds. The molecule has 0 heterocycles. The Hall–Kier alpha value is -0.770. The maximum Gasteiger partial charge on any atom is 0.191 e. The van der Waals surface area contributed by atoms with Gasteiger partial charge in [0.05, 0.1) is 0 Å². The number of hydrogen-bond donors (Lipinski definition) is 2. The summed E-state index contributed by atoms with van der Waals surface area (Å²) in [4.78, 5) is 4.36. The van der Waals surface area contributed by atoms with Gasteiger partial charge in [0.2, 0.25) is 0 Å². The molecule has 4 nitrogen and oxygen atoms in total. The lowest BCUT2D eigenvalue weighted by Crippen LogP contribution is -2.40. The van der Waals surface area contributed by atoms with Gasteiger partial charge in [-0.05, 0) is 43.4 Å². The number of ether oxygens (including phenoxy) is 1. The minimum absolute atomic E-state index is 0.667. The van der Waals surface area contributed by atoms with Crippen LogP contribution in [0.3, 0.4) is 0 Å². The van der Waals surface area contributed by atoms with Gasteiger partial charge >= 0.3 is 0 Å². The Balaban J connectivity index is 1.24. The fourth-order valence-electron chi connectivity index (χ4n) is 3.75. The van der Waals surface area contributed by atoms with Crippen molar-refractivity contribution in [1.29, 1.82) is 0 Å². The molecule has 3 rings (SSSR count). The molecular weight excluding hydrogens is 274 g/mol. The Morgan fingerprint density at radius 3 is 2.68 bits per heavy atom. The minimum Gasteiger partial charge on any atom is -0.381 e. The summed E-state index contributed by atoms with van der Waals surface area (Å²) in [6, 6.07) is 0.667. The Labute approximate surface area is 135 Å². The Morgan fingerprint density at radius 2 is 1.95 bits per heavy atom. The first-order valence-corrected chi connectivity index (χ1v) is 9.41. The predicted molar refractivity (Wildman–Crippen MR) is 91.1 cm³/mol. The molecule has 22 heavy (non-hydrogen) atoms. The molecule has 4 heteroatoms. The van der Waals surface area contributed by atoms with Gasteiger partial charge in [0, 0.05) is 32.8 Å². The van der Waals surface area contributed by atoms with Crippen LogP contribution in [0.5, 0.6) is 0 Å². The molecule has 0 saturated heterocycles. The first-order chi connectivity index (χ1) is 10.9. The molecule has 0 aromatic heterocycles. The maximum absolute atomic E-state index is 5.66. The first-order valence-electron chi connectivity index (χ1n) is 9.41. The summed E-state index contributed by atoms with van der Waals surface area (Å²) in [5, 5.41) is 7.03. The van der Waals surface area contributed by atoms with E-state index in [-0.39, 0.29) is 0 Å². The highest BCUT2D eigenvalue weighted by molar-refractivity contribution is 5.80. The second-order valence-electron chi connectivity index (χ2n) is 7.42. The highest BCUT2D eigenvalue weighted by atomic mass is 16.5. The molecule has 0 spiro atoms.